The fourth-order valence-corrected chi connectivity index (χ4v) is 2.67. The molecule has 3 aromatic carbocycles. The van der Waals surface area contributed by atoms with Gasteiger partial charge in [0.1, 0.15) is 5.75 Å². The van der Waals surface area contributed by atoms with Crippen LogP contribution in [0.4, 0.5) is 0 Å². The number of carbonyl (C=O) groups is 1. The number of ether oxygens (including phenoxy) is 1. The van der Waals surface area contributed by atoms with Crippen molar-refractivity contribution in [2.24, 2.45) is 5.10 Å². The topological polar surface area (TPSA) is 50.7 Å². The van der Waals surface area contributed by atoms with Gasteiger partial charge in [-0.05, 0) is 41.5 Å². The van der Waals surface area contributed by atoms with Crippen molar-refractivity contribution in [3.63, 3.8) is 0 Å². The summed E-state index contributed by atoms with van der Waals surface area (Å²) >= 11 is 3.43. The van der Waals surface area contributed by atoms with Crippen molar-refractivity contribution in [2.45, 2.75) is 6.92 Å². The number of nitrogens with zero attached hydrogens (tertiary/aromatic N) is 1. The van der Waals surface area contributed by atoms with Gasteiger partial charge >= 0.3 is 0 Å². The molecule has 25 heavy (non-hydrogen) atoms. The molecule has 0 aromatic heterocycles. The standard InChI is InChI=1S/C20H17BrN2O2/c1-14-11-17(9-10-19(14)21)25-13-20(24)23-22-12-16-7-4-6-15-5-2-3-8-18(15)16/h2-12H,13H2,1H3,(H,23,24). The molecule has 4 nitrogen and oxygen atoms in total. The van der Waals surface area contributed by atoms with Crippen LogP contribution in [-0.4, -0.2) is 18.7 Å². The van der Waals surface area contributed by atoms with Crippen LogP contribution in [0.1, 0.15) is 11.1 Å². The molecule has 0 bridgehead atoms. The highest BCUT2D eigenvalue weighted by molar-refractivity contribution is 9.10. The highest BCUT2D eigenvalue weighted by atomic mass is 79.9. The van der Waals surface area contributed by atoms with Crippen LogP contribution in [0.25, 0.3) is 10.8 Å². The molecule has 0 aliphatic carbocycles. The lowest BCUT2D eigenvalue weighted by Crippen LogP contribution is -2.24. The van der Waals surface area contributed by atoms with Crippen LogP contribution in [0, 0.1) is 6.92 Å². The second-order valence-electron chi connectivity index (χ2n) is 5.56. The van der Waals surface area contributed by atoms with Crippen LogP contribution in [0.3, 0.4) is 0 Å². The number of rotatable bonds is 5. The Kier molecular flexibility index (Phi) is 5.46. The lowest BCUT2D eigenvalue weighted by atomic mass is 10.1. The highest BCUT2D eigenvalue weighted by Gasteiger charge is 2.03. The molecule has 0 saturated heterocycles. The molecular formula is C20H17BrN2O2. The Morgan fingerprint density at radius 1 is 1.16 bits per heavy atom. The minimum Gasteiger partial charge on any atom is -0.484 e. The molecule has 126 valence electrons. The molecule has 1 amide bonds. The van der Waals surface area contributed by atoms with E-state index in [1.807, 2.05) is 67.6 Å². The molecule has 0 radical (unpaired) electrons. The lowest BCUT2D eigenvalue weighted by molar-refractivity contribution is -0.123. The summed E-state index contributed by atoms with van der Waals surface area (Å²) in [5, 5.41) is 6.24. The van der Waals surface area contributed by atoms with Gasteiger partial charge in [-0.2, -0.15) is 5.10 Å². The van der Waals surface area contributed by atoms with E-state index in [9.17, 15) is 4.79 Å². The Bertz CT molecular complexity index is 933. The number of fused-ring (bicyclic) bond motifs is 1. The predicted octanol–water partition coefficient (Wildman–Crippen LogP) is 4.44. The van der Waals surface area contributed by atoms with Crippen molar-refractivity contribution in [3.8, 4) is 5.75 Å². The molecule has 0 saturated carbocycles. The van der Waals surface area contributed by atoms with Gasteiger partial charge in [0.05, 0.1) is 6.21 Å². The number of hydrazone groups is 1. The summed E-state index contributed by atoms with van der Waals surface area (Å²) in [5.74, 6) is 0.339. The highest BCUT2D eigenvalue weighted by Crippen LogP contribution is 2.21. The van der Waals surface area contributed by atoms with E-state index < -0.39 is 0 Å². The maximum Gasteiger partial charge on any atom is 0.277 e. The summed E-state index contributed by atoms with van der Waals surface area (Å²) in [6, 6.07) is 19.6. The van der Waals surface area contributed by atoms with Crippen molar-refractivity contribution in [3.05, 3.63) is 76.3 Å². The zero-order valence-corrected chi connectivity index (χ0v) is 15.3. The molecule has 0 spiro atoms. The second kappa shape index (κ2) is 7.94. The van der Waals surface area contributed by atoms with Gasteiger partial charge in [0.25, 0.3) is 5.91 Å². The van der Waals surface area contributed by atoms with E-state index in [4.69, 9.17) is 4.74 Å². The van der Waals surface area contributed by atoms with Crippen molar-refractivity contribution < 1.29 is 9.53 Å². The first kappa shape index (κ1) is 17.2. The van der Waals surface area contributed by atoms with E-state index >= 15 is 0 Å². The first-order valence-corrected chi connectivity index (χ1v) is 8.61. The molecule has 5 heteroatoms. The van der Waals surface area contributed by atoms with E-state index in [0.29, 0.717) is 5.75 Å². The first-order chi connectivity index (χ1) is 12.1. The largest absolute Gasteiger partial charge is 0.484 e. The summed E-state index contributed by atoms with van der Waals surface area (Å²) in [7, 11) is 0. The molecular weight excluding hydrogens is 380 g/mol. The maximum atomic E-state index is 11.9. The first-order valence-electron chi connectivity index (χ1n) is 7.82. The molecule has 0 aliphatic rings. The molecule has 0 heterocycles. The molecule has 0 aliphatic heterocycles. The summed E-state index contributed by atoms with van der Waals surface area (Å²) in [5.41, 5.74) is 4.48. The third-order valence-corrected chi connectivity index (χ3v) is 4.61. The van der Waals surface area contributed by atoms with Crippen molar-refractivity contribution >= 4 is 38.8 Å². The average molecular weight is 397 g/mol. The quantitative estimate of drug-likeness (QED) is 0.511. The van der Waals surface area contributed by atoms with Gasteiger partial charge < -0.3 is 4.74 Å². The molecule has 0 unspecified atom stereocenters. The van der Waals surface area contributed by atoms with Crippen molar-refractivity contribution in [1.82, 2.24) is 5.43 Å². The van der Waals surface area contributed by atoms with Crippen LogP contribution in [-0.2, 0) is 4.79 Å². The molecule has 3 rings (SSSR count). The SMILES string of the molecule is Cc1cc(OCC(=O)NN=Cc2cccc3ccccc23)ccc1Br. The van der Waals surface area contributed by atoms with Gasteiger partial charge in [0.15, 0.2) is 6.61 Å². The van der Waals surface area contributed by atoms with Crippen LogP contribution >= 0.6 is 15.9 Å². The van der Waals surface area contributed by atoms with Gasteiger partial charge in [0.2, 0.25) is 0 Å². The molecule has 0 atom stereocenters. The van der Waals surface area contributed by atoms with E-state index in [-0.39, 0.29) is 12.5 Å². The van der Waals surface area contributed by atoms with Gasteiger partial charge in [-0.1, -0.05) is 58.4 Å². The number of hydrogen-bond acceptors (Lipinski definition) is 3. The molecule has 3 aromatic rings. The zero-order valence-electron chi connectivity index (χ0n) is 13.7. The minimum atomic E-state index is -0.308. The van der Waals surface area contributed by atoms with Crippen LogP contribution in [0.15, 0.2) is 70.2 Å². The lowest BCUT2D eigenvalue weighted by Gasteiger charge is -2.07. The Hall–Kier alpha value is -2.66. The summed E-state index contributed by atoms with van der Waals surface area (Å²) in [4.78, 5) is 11.9. The second-order valence-corrected chi connectivity index (χ2v) is 6.42. The van der Waals surface area contributed by atoms with Crippen molar-refractivity contribution in [1.29, 1.82) is 0 Å². The number of hydrogen-bond donors (Lipinski definition) is 1. The maximum absolute atomic E-state index is 11.9. The number of aryl methyl sites for hydroxylation is 1. The van der Waals surface area contributed by atoms with Crippen LogP contribution < -0.4 is 10.2 Å². The Balaban J connectivity index is 1.58. The number of amides is 1. The number of nitrogens with one attached hydrogen (secondary N) is 1. The van der Waals surface area contributed by atoms with Gasteiger partial charge in [-0.25, -0.2) is 5.43 Å². The summed E-state index contributed by atoms with van der Waals surface area (Å²) in [6.07, 6.45) is 1.64. The Morgan fingerprint density at radius 2 is 1.96 bits per heavy atom. The van der Waals surface area contributed by atoms with Crippen LogP contribution in [0.2, 0.25) is 0 Å². The van der Waals surface area contributed by atoms with E-state index in [0.717, 1.165) is 26.4 Å². The Morgan fingerprint density at radius 3 is 2.80 bits per heavy atom. The third-order valence-electron chi connectivity index (χ3n) is 3.72. The monoisotopic (exact) mass is 396 g/mol. The number of halogens is 1. The number of carbonyl (C=O) groups excluding carboxylic acids is 1. The Labute approximate surface area is 154 Å². The molecule has 0 fully saturated rings. The minimum absolute atomic E-state index is 0.0893. The van der Waals surface area contributed by atoms with E-state index in [2.05, 4.69) is 26.5 Å². The predicted molar refractivity (Wildman–Crippen MR) is 104 cm³/mol. The summed E-state index contributed by atoms with van der Waals surface area (Å²) < 4.78 is 6.47. The molecule has 1 N–H and O–H groups in total. The fraction of sp³-hybridized carbons (Fsp3) is 0.100. The smallest absolute Gasteiger partial charge is 0.277 e. The van der Waals surface area contributed by atoms with E-state index in [1.54, 1.807) is 6.21 Å². The fourth-order valence-electron chi connectivity index (χ4n) is 2.42. The zero-order chi connectivity index (χ0) is 17.6. The van der Waals surface area contributed by atoms with Crippen molar-refractivity contribution in [2.75, 3.05) is 6.61 Å². The van der Waals surface area contributed by atoms with E-state index in [1.165, 1.54) is 0 Å². The average Bonchev–Trinajstić information content (AvgIpc) is 2.63. The van der Waals surface area contributed by atoms with Gasteiger partial charge in [-0.15, -0.1) is 0 Å². The van der Waals surface area contributed by atoms with Crippen LogP contribution in [0.5, 0.6) is 5.75 Å². The summed E-state index contributed by atoms with van der Waals surface area (Å²) in [6.45, 7) is 1.87. The third kappa shape index (κ3) is 4.45. The number of benzene rings is 3. The normalized spacial score (nSPS) is 11.0. The van der Waals surface area contributed by atoms with Gasteiger partial charge in [0, 0.05) is 10.0 Å². The van der Waals surface area contributed by atoms with Gasteiger partial charge in [-0.3, -0.25) is 4.79 Å².